The standard InChI is InChI=1S/C16H30N4O5S/c1-8(2)5-10(17)14(22)20-13(9(3)4)15(23)18-6-12(21)19-11(7-26)16(24)25/h8-11,13,26H,5-7,17H2,1-4H3,(H,18,23)(H,19,21)(H,20,22)(H,24,25). The first kappa shape index (κ1) is 24.2. The number of carboxylic acid groups (broad SMARTS) is 1. The van der Waals surface area contributed by atoms with Crippen LogP contribution >= 0.6 is 12.6 Å². The van der Waals surface area contributed by atoms with Gasteiger partial charge >= 0.3 is 5.97 Å². The highest BCUT2D eigenvalue weighted by atomic mass is 32.1. The second-order valence-electron chi connectivity index (χ2n) is 6.83. The molecule has 0 aromatic rings. The number of nitrogens with one attached hydrogen (secondary N) is 3. The van der Waals surface area contributed by atoms with E-state index in [1.165, 1.54) is 0 Å². The van der Waals surface area contributed by atoms with Gasteiger partial charge in [0.25, 0.3) is 0 Å². The number of aliphatic carboxylic acids is 1. The van der Waals surface area contributed by atoms with E-state index < -0.39 is 48.4 Å². The van der Waals surface area contributed by atoms with Crippen LogP contribution in [0.3, 0.4) is 0 Å². The maximum Gasteiger partial charge on any atom is 0.327 e. The summed E-state index contributed by atoms with van der Waals surface area (Å²) < 4.78 is 0. The molecule has 0 radical (unpaired) electrons. The van der Waals surface area contributed by atoms with Crippen molar-refractivity contribution in [2.24, 2.45) is 17.6 Å². The average molecular weight is 391 g/mol. The topological polar surface area (TPSA) is 151 Å². The first-order valence-electron chi connectivity index (χ1n) is 8.46. The Bertz CT molecular complexity index is 513. The summed E-state index contributed by atoms with van der Waals surface area (Å²) in [5, 5.41) is 16.1. The fourth-order valence-electron chi connectivity index (χ4n) is 2.12. The molecular weight excluding hydrogens is 360 g/mol. The van der Waals surface area contributed by atoms with Crippen LogP contribution in [0.5, 0.6) is 0 Å². The van der Waals surface area contributed by atoms with E-state index in [0.717, 1.165) is 0 Å². The number of amides is 3. The molecular formula is C16H30N4O5S. The minimum absolute atomic E-state index is 0.0760. The van der Waals surface area contributed by atoms with Gasteiger partial charge in [0, 0.05) is 5.75 Å². The fraction of sp³-hybridized carbons (Fsp3) is 0.750. The Morgan fingerprint density at radius 2 is 1.62 bits per heavy atom. The molecule has 0 rings (SSSR count). The molecule has 0 spiro atoms. The Balaban J connectivity index is 4.67. The molecule has 3 amide bonds. The van der Waals surface area contributed by atoms with Crippen LogP contribution in [0.1, 0.15) is 34.1 Å². The number of nitrogens with two attached hydrogens (primary N) is 1. The molecule has 0 saturated heterocycles. The van der Waals surface area contributed by atoms with Crippen LogP contribution in [0.15, 0.2) is 0 Å². The fourth-order valence-corrected chi connectivity index (χ4v) is 2.37. The van der Waals surface area contributed by atoms with Gasteiger partial charge in [0.05, 0.1) is 12.6 Å². The highest BCUT2D eigenvalue weighted by Gasteiger charge is 2.27. The van der Waals surface area contributed by atoms with Crippen molar-refractivity contribution < 1.29 is 24.3 Å². The quantitative estimate of drug-likeness (QED) is 0.252. The Hall–Kier alpha value is -1.81. The molecule has 0 aliphatic heterocycles. The molecule has 0 saturated carbocycles. The van der Waals surface area contributed by atoms with Crippen LogP contribution in [-0.2, 0) is 19.2 Å². The minimum atomic E-state index is -1.22. The van der Waals surface area contributed by atoms with Gasteiger partial charge < -0.3 is 26.8 Å². The Labute approximate surface area is 159 Å². The monoisotopic (exact) mass is 390 g/mol. The zero-order valence-electron chi connectivity index (χ0n) is 15.6. The molecule has 0 aliphatic rings. The summed E-state index contributed by atoms with van der Waals surface area (Å²) in [6.07, 6.45) is 0.487. The highest BCUT2D eigenvalue weighted by molar-refractivity contribution is 7.80. The van der Waals surface area contributed by atoms with Gasteiger partial charge in [-0.05, 0) is 18.3 Å². The Morgan fingerprint density at radius 1 is 1.04 bits per heavy atom. The third-order valence-corrected chi connectivity index (χ3v) is 3.91. The first-order chi connectivity index (χ1) is 12.0. The summed E-state index contributed by atoms with van der Waals surface area (Å²) in [6, 6.07) is -2.72. The van der Waals surface area contributed by atoms with E-state index >= 15 is 0 Å². The Kier molecular flexibility index (Phi) is 10.9. The number of carboxylic acids is 1. The summed E-state index contributed by atoms with van der Waals surface area (Å²) in [5.41, 5.74) is 5.82. The van der Waals surface area contributed by atoms with Gasteiger partial charge in [-0.3, -0.25) is 14.4 Å². The third kappa shape index (κ3) is 9.04. The normalized spacial score (nSPS) is 14.5. The van der Waals surface area contributed by atoms with Crippen LogP contribution in [0.25, 0.3) is 0 Å². The van der Waals surface area contributed by atoms with E-state index in [2.05, 4.69) is 28.6 Å². The lowest BCUT2D eigenvalue weighted by Crippen LogP contribution is -2.55. The van der Waals surface area contributed by atoms with Crippen LogP contribution in [0.4, 0.5) is 0 Å². The number of rotatable bonds is 11. The number of hydrogen-bond donors (Lipinski definition) is 6. The van der Waals surface area contributed by atoms with E-state index in [1.54, 1.807) is 13.8 Å². The number of hydrogen-bond acceptors (Lipinski definition) is 6. The molecule has 26 heavy (non-hydrogen) atoms. The van der Waals surface area contributed by atoms with Gasteiger partial charge in [0.15, 0.2) is 0 Å². The van der Waals surface area contributed by atoms with Gasteiger partial charge in [-0.15, -0.1) is 0 Å². The summed E-state index contributed by atoms with van der Waals surface area (Å²) in [7, 11) is 0. The summed E-state index contributed by atoms with van der Waals surface area (Å²) in [6.45, 7) is 6.97. The van der Waals surface area contributed by atoms with Crippen molar-refractivity contribution in [3.63, 3.8) is 0 Å². The van der Waals surface area contributed by atoms with Gasteiger partial charge in [0.2, 0.25) is 17.7 Å². The van der Waals surface area contributed by atoms with Crippen molar-refractivity contribution >= 4 is 36.3 Å². The molecule has 150 valence electrons. The van der Waals surface area contributed by atoms with E-state index in [4.69, 9.17) is 10.8 Å². The molecule has 3 unspecified atom stereocenters. The molecule has 9 nitrogen and oxygen atoms in total. The lowest BCUT2D eigenvalue weighted by Gasteiger charge is -2.24. The molecule has 0 heterocycles. The minimum Gasteiger partial charge on any atom is -0.480 e. The smallest absolute Gasteiger partial charge is 0.327 e. The molecule has 0 bridgehead atoms. The maximum atomic E-state index is 12.3. The molecule has 0 aliphatic carbocycles. The first-order valence-corrected chi connectivity index (χ1v) is 9.09. The number of thiol groups is 1. The van der Waals surface area contributed by atoms with Crippen molar-refractivity contribution in [3.8, 4) is 0 Å². The van der Waals surface area contributed by atoms with Gasteiger partial charge in [0.1, 0.15) is 12.1 Å². The Morgan fingerprint density at radius 3 is 2.04 bits per heavy atom. The summed E-state index contributed by atoms with van der Waals surface area (Å²) in [5.74, 6) is -2.92. The highest BCUT2D eigenvalue weighted by Crippen LogP contribution is 2.06. The lowest BCUT2D eigenvalue weighted by molar-refractivity contribution is -0.141. The predicted octanol–water partition coefficient (Wildman–Crippen LogP) is -0.884. The molecule has 6 N–H and O–H groups in total. The van der Waals surface area contributed by atoms with Gasteiger partial charge in [-0.2, -0.15) is 12.6 Å². The SMILES string of the molecule is CC(C)CC(N)C(=O)NC(C(=O)NCC(=O)NC(CS)C(=O)O)C(C)C. The third-order valence-electron chi connectivity index (χ3n) is 3.55. The van der Waals surface area contributed by atoms with Crippen molar-refractivity contribution in [2.75, 3.05) is 12.3 Å². The molecule has 0 aromatic carbocycles. The summed E-state index contributed by atoms with van der Waals surface area (Å²) in [4.78, 5) is 47.0. The van der Waals surface area contributed by atoms with Crippen molar-refractivity contribution in [2.45, 2.75) is 52.2 Å². The number of carbonyl (C=O) groups excluding carboxylic acids is 3. The van der Waals surface area contributed by atoms with Crippen LogP contribution in [0.2, 0.25) is 0 Å². The zero-order chi connectivity index (χ0) is 20.4. The van der Waals surface area contributed by atoms with Crippen LogP contribution < -0.4 is 21.7 Å². The molecule has 10 heteroatoms. The van der Waals surface area contributed by atoms with Crippen molar-refractivity contribution in [1.29, 1.82) is 0 Å². The van der Waals surface area contributed by atoms with E-state index in [1.807, 2.05) is 13.8 Å². The average Bonchev–Trinajstić information content (AvgIpc) is 2.53. The lowest BCUT2D eigenvalue weighted by atomic mass is 10.0. The van der Waals surface area contributed by atoms with Crippen molar-refractivity contribution in [3.05, 3.63) is 0 Å². The van der Waals surface area contributed by atoms with Crippen LogP contribution in [-0.4, -0.2) is 59.2 Å². The summed E-state index contributed by atoms with van der Waals surface area (Å²) >= 11 is 3.84. The van der Waals surface area contributed by atoms with E-state index in [9.17, 15) is 19.2 Å². The van der Waals surface area contributed by atoms with E-state index in [0.29, 0.717) is 6.42 Å². The van der Waals surface area contributed by atoms with Gasteiger partial charge in [-0.25, -0.2) is 4.79 Å². The zero-order valence-corrected chi connectivity index (χ0v) is 16.5. The second kappa shape index (κ2) is 11.7. The predicted molar refractivity (Wildman–Crippen MR) is 101 cm³/mol. The maximum absolute atomic E-state index is 12.3. The van der Waals surface area contributed by atoms with Crippen molar-refractivity contribution in [1.82, 2.24) is 16.0 Å². The molecule has 3 atom stereocenters. The largest absolute Gasteiger partial charge is 0.480 e. The number of carbonyl (C=O) groups is 4. The van der Waals surface area contributed by atoms with Gasteiger partial charge in [-0.1, -0.05) is 27.7 Å². The van der Waals surface area contributed by atoms with E-state index in [-0.39, 0.29) is 17.6 Å². The second-order valence-corrected chi connectivity index (χ2v) is 7.19. The van der Waals surface area contributed by atoms with Crippen LogP contribution in [0, 0.1) is 11.8 Å². The molecule has 0 aromatic heterocycles. The molecule has 0 fully saturated rings.